The van der Waals surface area contributed by atoms with E-state index in [1.807, 2.05) is 4.90 Å². The first kappa shape index (κ1) is 19.7. The highest BCUT2D eigenvalue weighted by Gasteiger charge is 2.23. The van der Waals surface area contributed by atoms with Gasteiger partial charge in [-0.15, -0.1) is 0 Å². The molecule has 1 aliphatic rings. The van der Waals surface area contributed by atoms with Crippen molar-refractivity contribution < 1.29 is 22.8 Å². The molecule has 2 aromatic rings. The van der Waals surface area contributed by atoms with E-state index in [1.165, 1.54) is 35.2 Å². The number of carbonyl (C=O) groups excluding carboxylic acids is 2. The summed E-state index contributed by atoms with van der Waals surface area (Å²) in [4.78, 5) is 27.7. The maximum atomic E-state index is 13.6. The van der Waals surface area contributed by atoms with Gasteiger partial charge in [0.15, 0.2) is 0 Å². The second-order valence-electron chi connectivity index (χ2n) is 6.37. The molecule has 0 spiro atoms. The van der Waals surface area contributed by atoms with Crippen molar-refractivity contribution in [2.24, 2.45) is 0 Å². The molecule has 2 N–H and O–H groups in total. The average Bonchev–Trinajstić information content (AvgIpc) is 2.66. The van der Waals surface area contributed by atoms with E-state index in [1.54, 1.807) is 0 Å². The summed E-state index contributed by atoms with van der Waals surface area (Å²) >= 11 is 0. The Labute approximate surface area is 159 Å². The smallest absolute Gasteiger partial charge is 0.322 e. The fraction of sp³-hybridized carbons (Fsp3) is 0.263. The van der Waals surface area contributed by atoms with Gasteiger partial charge in [-0.05, 0) is 36.4 Å². The topological polar surface area (TPSA) is 64.7 Å². The van der Waals surface area contributed by atoms with Crippen LogP contribution in [0.1, 0.15) is 0 Å². The quantitative estimate of drug-likeness (QED) is 0.841. The molecule has 1 fully saturated rings. The highest BCUT2D eigenvalue weighted by molar-refractivity contribution is 5.92. The summed E-state index contributed by atoms with van der Waals surface area (Å²) in [6.07, 6.45) is 0. The van der Waals surface area contributed by atoms with Gasteiger partial charge in [0.25, 0.3) is 0 Å². The van der Waals surface area contributed by atoms with Gasteiger partial charge >= 0.3 is 6.03 Å². The number of benzene rings is 2. The fourth-order valence-electron chi connectivity index (χ4n) is 2.83. The molecule has 1 saturated heterocycles. The minimum atomic E-state index is -0.843. The molecule has 2 aromatic carbocycles. The Balaban J connectivity index is 1.45. The Morgan fingerprint density at radius 3 is 2.14 bits per heavy atom. The minimum Gasteiger partial charge on any atom is -0.325 e. The summed E-state index contributed by atoms with van der Waals surface area (Å²) in [5.41, 5.74) is 0.415. The third-order valence-electron chi connectivity index (χ3n) is 4.33. The van der Waals surface area contributed by atoms with Gasteiger partial charge in [-0.2, -0.15) is 0 Å². The molecule has 148 valence electrons. The predicted octanol–water partition coefficient (Wildman–Crippen LogP) is 2.89. The first-order valence-electron chi connectivity index (χ1n) is 8.69. The Kier molecular flexibility index (Phi) is 6.15. The summed E-state index contributed by atoms with van der Waals surface area (Å²) in [6.45, 7) is 1.79. The van der Waals surface area contributed by atoms with Gasteiger partial charge in [-0.25, -0.2) is 18.0 Å². The zero-order valence-electron chi connectivity index (χ0n) is 14.9. The Bertz CT molecular complexity index is 853. The lowest BCUT2D eigenvalue weighted by atomic mass is 10.3. The summed E-state index contributed by atoms with van der Waals surface area (Å²) < 4.78 is 39.4. The van der Waals surface area contributed by atoms with Crippen molar-refractivity contribution >= 4 is 23.3 Å². The summed E-state index contributed by atoms with van der Waals surface area (Å²) in [5, 5.41) is 5.10. The molecule has 1 aliphatic heterocycles. The van der Waals surface area contributed by atoms with Crippen molar-refractivity contribution in [3.63, 3.8) is 0 Å². The van der Waals surface area contributed by atoms with Crippen LogP contribution in [0.15, 0.2) is 42.5 Å². The molecular weight excluding hydrogens is 373 g/mol. The molecule has 6 nitrogen and oxygen atoms in total. The van der Waals surface area contributed by atoms with Crippen LogP contribution in [-0.4, -0.2) is 54.5 Å². The number of piperazine rings is 1. The lowest BCUT2D eigenvalue weighted by Crippen LogP contribution is -2.51. The van der Waals surface area contributed by atoms with Crippen LogP contribution in [0.2, 0.25) is 0 Å². The normalized spacial score (nSPS) is 14.6. The van der Waals surface area contributed by atoms with Crippen molar-refractivity contribution in [1.29, 1.82) is 0 Å². The van der Waals surface area contributed by atoms with Gasteiger partial charge in [0, 0.05) is 37.9 Å². The number of hydrogen-bond donors (Lipinski definition) is 2. The van der Waals surface area contributed by atoms with Crippen molar-refractivity contribution in [2.75, 3.05) is 43.4 Å². The van der Waals surface area contributed by atoms with Crippen LogP contribution in [0, 0.1) is 17.5 Å². The van der Waals surface area contributed by atoms with Gasteiger partial charge in [-0.3, -0.25) is 9.69 Å². The molecule has 0 aliphatic carbocycles. The van der Waals surface area contributed by atoms with Crippen LogP contribution in [0.4, 0.5) is 29.3 Å². The second-order valence-corrected chi connectivity index (χ2v) is 6.37. The lowest BCUT2D eigenvalue weighted by Gasteiger charge is -2.34. The second kappa shape index (κ2) is 8.75. The summed E-state index contributed by atoms with van der Waals surface area (Å²) in [5.74, 6) is -2.18. The van der Waals surface area contributed by atoms with E-state index in [0.717, 1.165) is 6.07 Å². The first-order chi connectivity index (χ1) is 13.4. The molecule has 3 rings (SSSR count). The number of hydrogen-bond acceptors (Lipinski definition) is 3. The maximum absolute atomic E-state index is 13.6. The molecule has 9 heteroatoms. The largest absolute Gasteiger partial charge is 0.325 e. The van der Waals surface area contributed by atoms with Gasteiger partial charge in [0.2, 0.25) is 5.91 Å². The molecule has 0 saturated carbocycles. The number of nitrogens with one attached hydrogen (secondary N) is 2. The summed E-state index contributed by atoms with van der Waals surface area (Å²) in [6, 6.07) is 7.92. The van der Waals surface area contributed by atoms with E-state index < -0.39 is 17.7 Å². The maximum Gasteiger partial charge on any atom is 0.322 e. The van der Waals surface area contributed by atoms with Crippen molar-refractivity contribution in [2.45, 2.75) is 0 Å². The predicted molar refractivity (Wildman–Crippen MR) is 98.4 cm³/mol. The van der Waals surface area contributed by atoms with Crippen molar-refractivity contribution in [3.8, 4) is 0 Å². The van der Waals surface area contributed by atoms with Crippen LogP contribution in [0.3, 0.4) is 0 Å². The van der Waals surface area contributed by atoms with Crippen LogP contribution in [-0.2, 0) is 4.79 Å². The van der Waals surface area contributed by atoms with E-state index in [-0.39, 0.29) is 24.0 Å². The average molecular weight is 392 g/mol. The molecule has 0 unspecified atom stereocenters. The van der Waals surface area contributed by atoms with Crippen molar-refractivity contribution in [1.82, 2.24) is 9.80 Å². The number of rotatable bonds is 4. The molecular formula is C19H19F3N4O2. The van der Waals surface area contributed by atoms with E-state index in [9.17, 15) is 22.8 Å². The lowest BCUT2D eigenvalue weighted by molar-refractivity contribution is -0.117. The number of nitrogens with zero attached hydrogens (tertiary/aromatic N) is 2. The SMILES string of the molecule is O=C(CN1CCN(C(=O)Nc2ccc(F)cc2F)CC1)Nc1ccc(F)cc1. The van der Waals surface area contributed by atoms with Gasteiger partial charge in [-0.1, -0.05) is 0 Å². The zero-order chi connectivity index (χ0) is 20.1. The van der Waals surface area contributed by atoms with Crippen LogP contribution >= 0.6 is 0 Å². The standard InChI is InChI=1S/C19H19F3N4O2/c20-13-1-4-15(5-2-13)23-18(27)12-25-7-9-26(10-8-25)19(28)24-17-6-3-14(21)11-16(17)22/h1-6,11H,7-10,12H2,(H,23,27)(H,24,28). The molecule has 0 radical (unpaired) electrons. The van der Waals surface area contributed by atoms with Gasteiger partial charge < -0.3 is 15.5 Å². The van der Waals surface area contributed by atoms with Gasteiger partial charge in [0.1, 0.15) is 17.5 Å². The van der Waals surface area contributed by atoms with Crippen LogP contribution in [0.5, 0.6) is 0 Å². The Morgan fingerprint density at radius 1 is 0.857 bits per heavy atom. The van der Waals surface area contributed by atoms with E-state index >= 15 is 0 Å². The Hall–Kier alpha value is -3.07. The first-order valence-corrected chi connectivity index (χ1v) is 8.69. The zero-order valence-corrected chi connectivity index (χ0v) is 14.9. The van der Waals surface area contributed by atoms with E-state index in [0.29, 0.717) is 37.9 Å². The number of anilines is 2. The van der Waals surface area contributed by atoms with Gasteiger partial charge in [0.05, 0.1) is 12.2 Å². The number of carbonyl (C=O) groups is 2. The monoisotopic (exact) mass is 392 g/mol. The molecule has 0 bridgehead atoms. The Morgan fingerprint density at radius 2 is 1.50 bits per heavy atom. The number of urea groups is 1. The summed E-state index contributed by atoms with van der Waals surface area (Å²) in [7, 11) is 0. The molecule has 0 atom stereocenters. The molecule has 3 amide bonds. The molecule has 1 heterocycles. The highest BCUT2D eigenvalue weighted by Crippen LogP contribution is 2.16. The van der Waals surface area contributed by atoms with E-state index in [2.05, 4.69) is 10.6 Å². The molecule has 28 heavy (non-hydrogen) atoms. The third kappa shape index (κ3) is 5.23. The van der Waals surface area contributed by atoms with E-state index in [4.69, 9.17) is 0 Å². The highest BCUT2D eigenvalue weighted by atomic mass is 19.1. The van der Waals surface area contributed by atoms with Crippen molar-refractivity contribution in [3.05, 3.63) is 59.9 Å². The number of halogens is 3. The fourth-order valence-corrected chi connectivity index (χ4v) is 2.83. The molecule has 0 aromatic heterocycles. The third-order valence-corrected chi connectivity index (χ3v) is 4.33. The minimum absolute atomic E-state index is 0.0903. The van der Waals surface area contributed by atoms with Crippen LogP contribution in [0.25, 0.3) is 0 Å². The number of amides is 3. The van der Waals surface area contributed by atoms with Crippen LogP contribution < -0.4 is 10.6 Å².